The molecule has 0 spiro atoms. The molecule has 4 unspecified atom stereocenters. The number of nitrogens with two attached hydrogens (primary N) is 1. The highest BCUT2D eigenvalue weighted by molar-refractivity contribution is 5.76. The van der Waals surface area contributed by atoms with Gasteiger partial charge in [-0.1, -0.05) is 19.3 Å². The van der Waals surface area contributed by atoms with Crippen LogP contribution in [0.4, 0.5) is 0 Å². The first-order valence-corrected chi connectivity index (χ1v) is 7.77. The summed E-state index contributed by atoms with van der Waals surface area (Å²) >= 11 is 0. The Morgan fingerprint density at radius 3 is 2.63 bits per heavy atom. The van der Waals surface area contributed by atoms with Gasteiger partial charge in [0.15, 0.2) is 0 Å². The van der Waals surface area contributed by atoms with Gasteiger partial charge in [0.25, 0.3) is 0 Å². The van der Waals surface area contributed by atoms with E-state index in [1.807, 2.05) is 7.05 Å². The fraction of sp³-hybridized carbons (Fsp3) is 0.933. The summed E-state index contributed by atoms with van der Waals surface area (Å²) in [6.45, 7) is 0. The van der Waals surface area contributed by atoms with Gasteiger partial charge in [0, 0.05) is 19.5 Å². The topological polar surface area (TPSA) is 66.6 Å². The van der Waals surface area contributed by atoms with Crippen molar-refractivity contribution < 1.29 is 9.90 Å². The molecule has 110 valence electrons. The first-order valence-electron chi connectivity index (χ1n) is 7.77. The molecule has 2 fully saturated rings. The van der Waals surface area contributed by atoms with Gasteiger partial charge >= 0.3 is 0 Å². The summed E-state index contributed by atoms with van der Waals surface area (Å²) in [7, 11) is 1.85. The average molecular weight is 268 g/mol. The van der Waals surface area contributed by atoms with Crippen LogP contribution >= 0.6 is 0 Å². The summed E-state index contributed by atoms with van der Waals surface area (Å²) in [5.74, 6) is 0.629. The number of aliphatic hydroxyl groups excluding tert-OH is 1. The van der Waals surface area contributed by atoms with Crippen LogP contribution in [0.1, 0.15) is 57.8 Å². The number of nitrogens with zero attached hydrogens (tertiary/aromatic N) is 1. The van der Waals surface area contributed by atoms with E-state index in [4.69, 9.17) is 5.73 Å². The summed E-state index contributed by atoms with van der Waals surface area (Å²) in [6, 6.07) is 0.302. The smallest absolute Gasteiger partial charge is 0.222 e. The van der Waals surface area contributed by atoms with Gasteiger partial charge < -0.3 is 15.7 Å². The number of hydrogen-bond donors (Lipinski definition) is 2. The Labute approximate surface area is 116 Å². The highest BCUT2D eigenvalue weighted by Crippen LogP contribution is 2.28. The Morgan fingerprint density at radius 1 is 1.21 bits per heavy atom. The number of aliphatic hydroxyl groups is 1. The lowest BCUT2D eigenvalue weighted by Gasteiger charge is -2.36. The Morgan fingerprint density at radius 2 is 1.95 bits per heavy atom. The Kier molecular flexibility index (Phi) is 5.22. The zero-order valence-electron chi connectivity index (χ0n) is 12.1. The minimum Gasteiger partial charge on any atom is -0.391 e. The van der Waals surface area contributed by atoms with E-state index in [0.29, 0.717) is 12.3 Å². The highest BCUT2D eigenvalue weighted by Gasteiger charge is 2.31. The SMILES string of the molecule is CN(C(=O)CC1CCCC(N)C1)C1CCCCC1O. The summed E-state index contributed by atoms with van der Waals surface area (Å²) in [5, 5.41) is 10.0. The second-order valence-corrected chi connectivity index (χ2v) is 6.42. The van der Waals surface area contributed by atoms with E-state index in [1.165, 1.54) is 0 Å². The van der Waals surface area contributed by atoms with Gasteiger partial charge in [0.2, 0.25) is 5.91 Å². The molecule has 0 aromatic heterocycles. The molecular formula is C15H28N2O2. The van der Waals surface area contributed by atoms with Gasteiger partial charge in [0.1, 0.15) is 0 Å². The molecule has 1 amide bonds. The molecule has 0 aliphatic heterocycles. The summed E-state index contributed by atoms with van der Waals surface area (Å²) in [5.41, 5.74) is 5.98. The number of rotatable bonds is 3. The molecule has 0 saturated heterocycles. The van der Waals surface area contributed by atoms with Crippen LogP contribution in [0, 0.1) is 5.92 Å². The first kappa shape index (κ1) is 14.8. The lowest BCUT2D eigenvalue weighted by atomic mass is 9.83. The van der Waals surface area contributed by atoms with Crippen molar-refractivity contribution in [2.45, 2.75) is 76.0 Å². The number of carbonyl (C=O) groups is 1. The minimum absolute atomic E-state index is 0.0264. The molecule has 0 bridgehead atoms. The van der Waals surface area contributed by atoms with E-state index < -0.39 is 0 Å². The minimum atomic E-state index is -0.337. The third-order valence-electron chi connectivity index (χ3n) is 4.87. The number of carbonyl (C=O) groups excluding carboxylic acids is 1. The Balaban J connectivity index is 1.84. The maximum atomic E-state index is 12.3. The average Bonchev–Trinajstić information content (AvgIpc) is 2.38. The lowest BCUT2D eigenvalue weighted by Crippen LogP contribution is -2.47. The van der Waals surface area contributed by atoms with Gasteiger partial charge in [-0.2, -0.15) is 0 Å². The summed E-state index contributed by atoms with van der Waals surface area (Å²) in [6.07, 6.45) is 8.59. The molecule has 2 aliphatic carbocycles. The molecule has 0 radical (unpaired) electrons. The van der Waals surface area contributed by atoms with Gasteiger partial charge in [-0.15, -0.1) is 0 Å². The zero-order chi connectivity index (χ0) is 13.8. The number of hydrogen-bond acceptors (Lipinski definition) is 3. The zero-order valence-corrected chi connectivity index (χ0v) is 12.1. The van der Waals surface area contributed by atoms with Crippen LogP contribution in [-0.2, 0) is 4.79 Å². The molecule has 4 atom stereocenters. The van der Waals surface area contributed by atoms with Crippen molar-refractivity contribution in [2.24, 2.45) is 11.7 Å². The van der Waals surface area contributed by atoms with Crippen LogP contribution in [0.3, 0.4) is 0 Å². The van der Waals surface area contributed by atoms with Crippen LogP contribution < -0.4 is 5.73 Å². The highest BCUT2D eigenvalue weighted by atomic mass is 16.3. The molecule has 4 heteroatoms. The molecule has 0 heterocycles. The third kappa shape index (κ3) is 3.93. The number of amides is 1. The molecule has 0 aromatic carbocycles. The summed E-state index contributed by atoms with van der Waals surface area (Å²) in [4.78, 5) is 14.1. The van der Waals surface area contributed by atoms with Crippen molar-refractivity contribution in [2.75, 3.05) is 7.05 Å². The van der Waals surface area contributed by atoms with Gasteiger partial charge in [0.05, 0.1) is 12.1 Å². The maximum Gasteiger partial charge on any atom is 0.222 e. The molecule has 2 aliphatic rings. The Hall–Kier alpha value is -0.610. The molecule has 2 rings (SSSR count). The number of likely N-dealkylation sites (N-methyl/N-ethyl adjacent to an activating group) is 1. The van der Waals surface area contributed by atoms with Gasteiger partial charge in [-0.3, -0.25) is 4.79 Å². The molecule has 0 aromatic rings. The molecule has 4 nitrogen and oxygen atoms in total. The van der Waals surface area contributed by atoms with E-state index in [9.17, 15) is 9.90 Å². The van der Waals surface area contributed by atoms with Crippen molar-refractivity contribution in [3.05, 3.63) is 0 Å². The second-order valence-electron chi connectivity index (χ2n) is 6.42. The molecule has 3 N–H and O–H groups in total. The lowest BCUT2D eigenvalue weighted by molar-refractivity contribution is -0.136. The van der Waals surface area contributed by atoms with Crippen LogP contribution in [0.25, 0.3) is 0 Å². The molecular weight excluding hydrogens is 240 g/mol. The maximum absolute atomic E-state index is 12.3. The second kappa shape index (κ2) is 6.71. The first-order chi connectivity index (χ1) is 9.08. The van der Waals surface area contributed by atoms with E-state index >= 15 is 0 Å². The third-order valence-corrected chi connectivity index (χ3v) is 4.87. The van der Waals surface area contributed by atoms with E-state index in [2.05, 4.69) is 0 Å². The fourth-order valence-corrected chi connectivity index (χ4v) is 3.64. The van der Waals surface area contributed by atoms with E-state index in [0.717, 1.165) is 51.4 Å². The van der Waals surface area contributed by atoms with E-state index in [-0.39, 0.29) is 24.1 Å². The standard InChI is InChI=1S/C15H28N2O2/c1-17(13-7-2-3-8-14(13)18)15(19)10-11-5-4-6-12(16)9-11/h11-14,18H,2-10,16H2,1H3. The molecule has 2 saturated carbocycles. The predicted molar refractivity (Wildman–Crippen MR) is 75.6 cm³/mol. The van der Waals surface area contributed by atoms with Crippen molar-refractivity contribution in [1.29, 1.82) is 0 Å². The van der Waals surface area contributed by atoms with Crippen LogP contribution in [0.5, 0.6) is 0 Å². The predicted octanol–water partition coefficient (Wildman–Crippen LogP) is 1.66. The van der Waals surface area contributed by atoms with Gasteiger partial charge in [-0.25, -0.2) is 0 Å². The van der Waals surface area contributed by atoms with Crippen molar-refractivity contribution in [3.63, 3.8) is 0 Å². The van der Waals surface area contributed by atoms with Crippen LogP contribution in [0.15, 0.2) is 0 Å². The quantitative estimate of drug-likeness (QED) is 0.818. The fourth-order valence-electron chi connectivity index (χ4n) is 3.64. The van der Waals surface area contributed by atoms with Crippen molar-refractivity contribution >= 4 is 5.91 Å². The van der Waals surface area contributed by atoms with Crippen molar-refractivity contribution in [3.8, 4) is 0 Å². The normalized spacial score (nSPS) is 35.9. The Bertz CT molecular complexity index is 309. The van der Waals surface area contributed by atoms with Crippen LogP contribution in [-0.4, -0.2) is 41.1 Å². The summed E-state index contributed by atoms with van der Waals surface area (Å²) < 4.78 is 0. The van der Waals surface area contributed by atoms with E-state index in [1.54, 1.807) is 4.90 Å². The monoisotopic (exact) mass is 268 g/mol. The van der Waals surface area contributed by atoms with Crippen LogP contribution in [0.2, 0.25) is 0 Å². The van der Waals surface area contributed by atoms with Gasteiger partial charge in [-0.05, 0) is 38.0 Å². The largest absolute Gasteiger partial charge is 0.391 e. The van der Waals surface area contributed by atoms with Crippen molar-refractivity contribution in [1.82, 2.24) is 4.90 Å². The molecule has 19 heavy (non-hydrogen) atoms.